The van der Waals surface area contributed by atoms with Gasteiger partial charge in [0.05, 0.1) is 44.8 Å². The zero-order valence-electron chi connectivity index (χ0n) is 18.2. The normalized spacial score (nSPS) is 15.5. The van der Waals surface area contributed by atoms with Crippen molar-refractivity contribution >= 4 is 17.4 Å². The Morgan fingerprint density at radius 2 is 1.71 bits per heavy atom. The summed E-state index contributed by atoms with van der Waals surface area (Å²) in [6.07, 6.45) is 0.754. The number of nitrogens with one attached hydrogen (secondary N) is 2. The van der Waals surface area contributed by atoms with Crippen molar-refractivity contribution in [3.8, 4) is 11.3 Å². The predicted octanol–water partition coefficient (Wildman–Crippen LogP) is 2.61. The Hall–Kier alpha value is -3.25. The SMILES string of the molecule is CC[C@@H](C(=O)Nc1ccc(-c2ccc(N3CC[NH+](C)CC3)nn2)cc1)c1ccccc1. The zero-order chi connectivity index (χ0) is 21.6. The standard InChI is InChI=1S/C25H29N5O/c1-3-22(19-7-5-4-6-8-19)25(31)26-21-11-9-20(10-12-21)23-13-14-24(28-27-23)30-17-15-29(2)16-18-30/h4-14,22H,3,15-18H2,1-2H3,(H,26,31)/p+1/t22-/m1/s1. The maximum atomic E-state index is 12.8. The Labute approximate surface area is 183 Å². The monoisotopic (exact) mass is 416 g/mol. The molecule has 4 rings (SSSR count). The Bertz CT molecular complexity index is 981. The van der Waals surface area contributed by atoms with Crippen LogP contribution in [0.5, 0.6) is 0 Å². The van der Waals surface area contributed by atoms with Gasteiger partial charge in [-0.3, -0.25) is 4.79 Å². The van der Waals surface area contributed by atoms with Gasteiger partial charge in [0.25, 0.3) is 0 Å². The van der Waals surface area contributed by atoms with Gasteiger partial charge in [0.1, 0.15) is 0 Å². The average Bonchev–Trinajstić information content (AvgIpc) is 2.81. The molecule has 0 bridgehead atoms. The first-order valence-electron chi connectivity index (χ1n) is 11.0. The van der Waals surface area contributed by atoms with Crippen LogP contribution in [0.25, 0.3) is 11.3 Å². The zero-order valence-corrected chi connectivity index (χ0v) is 18.2. The van der Waals surface area contributed by atoms with Gasteiger partial charge < -0.3 is 15.1 Å². The number of rotatable bonds is 6. The summed E-state index contributed by atoms with van der Waals surface area (Å²) in [6, 6.07) is 21.8. The molecule has 2 aromatic carbocycles. The van der Waals surface area contributed by atoms with Crippen molar-refractivity contribution < 1.29 is 9.69 Å². The Morgan fingerprint density at radius 1 is 1.00 bits per heavy atom. The molecule has 2 N–H and O–H groups in total. The fraction of sp³-hybridized carbons (Fsp3) is 0.320. The molecule has 0 unspecified atom stereocenters. The number of aromatic nitrogens is 2. The van der Waals surface area contributed by atoms with E-state index in [1.165, 1.54) is 0 Å². The van der Waals surface area contributed by atoms with Gasteiger partial charge in [-0.1, -0.05) is 49.4 Å². The van der Waals surface area contributed by atoms with Gasteiger partial charge in [-0.2, -0.15) is 0 Å². The minimum absolute atomic E-state index is 0.0135. The van der Waals surface area contributed by atoms with Crippen molar-refractivity contribution in [3.05, 3.63) is 72.3 Å². The highest BCUT2D eigenvalue weighted by atomic mass is 16.1. The van der Waals surface area contributed by atoms with Crippen molar-refractivity contribution in [2.24, 2.45) is 0 Å². The van der Waals surface area contributed by atoms with E-state index in [1.54, 1.807) is 4.90 Å². The number of quaternary nitrogens is 1. The predicted molar refractivity (Wildman–Crippen MR) is 124 cm³/mol. The summed E-state index contributed by atoms with van der Waals surface area (Å²) in [6.45, 7) is 6.30. The molecular weight excluding hydrogens is 386 g/mol. The topological polar surface area (TPSA) is 62.6 Å². The molecule has 1 saturated heterocycles. The number of hydrogen-bond acceptors (Lipinski definition) is 4. The third-order valence-electron chi connectivity index (χ3n) is 5.97. The van der Waals surface area contributed by atoms with Crippen LogP contribution >= 0.6 is 0 Å². The third-order valence-corrected chi connectivity index (χ3v) is 5.97. The minimum atomic E-state index is -0.157. The lowest BCUT2D eigenvalue weighted by atomic mass is 9.95. The number of amides is 1. The lowest BCUT2D eigenvalue weighted by Crippen LogP contribution is -3.12. The number of nitrogens with zero attached hydrogens (tertiary/aromatic N) is 3. The highest BCUT2D eigenvalue weighted by Gasteiger charge is 2.19. The number of carbonyl (C=O) groups excluding carboxylic acids is 1. The lowest BCUT2D eigenvalue weighted by Gasteiger charge is -2.30. The van der Waals surface area contributed by atoms with E-state index in [0.29, 0.717) is 0 Å². The molecule has 1 fully saturated rings. The second kappa shape index (κ2) is 9.71. The van der Waals surface area contributed by atoms with Crippen LogP contribution in [0.1, 0.15) is 24.8 Å². The molecule has 1 aromatic heterocycles. The van der Waals surface area contributed by atoms with Crippen molar-refractivity contribution in [2.75, 3.05) is 43.4 Å². The molecule has 160 valence electrons. The maximum Gasteiger partial charge on any atom is 0.231 e. The summed E-state index contributed by atoms with van der Waals surface area (Å²) in [7, 11) is 2.22. The summed E-state index contributed by atoms with van der Waals surface area (Å²) in [5.74, 6) is 0.793. The molecule has 1 atom stereocenters. The molecule has 0 spiro atoms. The number of likely N-dealkylation sites (N-methyl/N-ethyl adjacent to an activating group) is 1. The fourth-order valence-electron chi connectivity index (χ4n) is 3.98. The Morgan fingerprint density at radius 3 is 2.32 bits per heavy atom. The third kappa shape index (κ3) is 5.09. The molecule has 6 nitrogen and oxygen atoms in total. The van der Waals surface area contributed by atoms with Gasteiger partial charge in [-0.25, -0.2) is 0 Å². The highest BCUT2D eigenvalue weighted by molar-refractivity contribution is 5.96. The van der Waals surface area contributed by atoms with Gasteiger partial charge >= 0.3 is 0 Å². The van der Waals surface area contributed by atoms with E-state index in [1.807, 2.05) is 73.7 Å². The van der Waals surface area contributed by atoms with Crippen LogP contribution in [0.15, 0.2) is 66.7 Å². The molecule has 1 aliphatic rings. The van der Waals surface area contributed by atoms with E-state index < -0.39 is 0 Å². The number of anilines is 2. The van der Waals surface area contributed by atoms with Crippen molar-refractivity contribution in [2.45, 2.75) is 19.3 Å². The van der Waals surface area contributed by atoms with Gasteiger partial charge in [0.15, 0.2) is 5.82 Å². The number of piperazine rings is 1. The lowest BCUT2D eigenvalue weighted by molar-refractivity contribution is -0.880. The van der Waals surface area contributed by atoms with E-state index >= 15 is 0 Å². The smallest absolute Gasteiger partial charge is 0.231 e. The van der Waals surface area contributed by atoms with Crippen molar-refractivity contribution in [1.82, 2.24) is 10.2 Å². The fourth-order valence-corrected chi connectivity index (χ4v) is 3.98. The van der Waals surface area contributed by atoms with E-state index in [4.69, 9.17) is 0 Å². The molecule has 31 heavy (non-hydrogen) atoms. The van der Waals surface area contributed by atoms with Crippen LogP contribution in [0.4, 0.5) is 11.5 Å². The molecule has 6 heteroatoms. The molecule has 0 radical (unpaired) electrons. The highest BCUT2D eigenvalue weighted by Crippen LogP contribution is 2.24. The Kier molecular flexibility index (Phi) is 6.57. The number of benzene rings is 2. The molecule has 0 saturated carbocycles. The van der Waals surface area contributed by atoms with E-state index in [9.17, 15) is 4.79 Å². The summed E-state index contributed by atoms with van der Waals surface area (Å²) >= 11 is 0. The molecule has 2 heterocycles. The van der Waals surface area contributed by atoms with Crippen LogP contribution in [0, 0.1) is 0 Å². The first-order valence-corrected chi connectivity index (χ1v) is 11.0. The first-order chi connectivity index (χ1) is 15.1. The second-order valence-corrected chi connectivity index (χ2v) is 8.16. The maximum absolute atomic E-state index is 12.8. The molecular formula is C25H30N5O+. The summed E-state index contributed by atoms with van der Waals surface area (Å²) in [5.41, 5.74) is 3.64. The van der Waals surface area contributed by atoms with Gasteiger partial charge in [-0.05, 0) is 36.2 Å². The second-order valence-electron chi connectivity index (χ2n) is 8.16. The van der Waals surface area contributed by atoms with Crippen LogP contribution < -0.4 is 15.1 Å². The summed E-state index contributed by atoms with van der Waals surface area (Å²) in [5, 5.41) is 11.9. The van der Waals surface area contributed by atoms with Gasteiger partial charge in [0, 0.05) is 11.3 Å². The molecule has 3 aromatic rings. The summed E-state index contributed by atoms with van der Waals surface area (Å²) < 4.78 is 0. The average molecular weight is 417 g/mol. The van der Waals surface area contributed by atoms with Crippen LogP contribution in [0.2, 0.25) is 0 Å². The van der Waals surface area contributed by atoms with Gasteiger partial charge in [0.2, 0.25) is 5.91 Å². The van der Waals surface area contributed by atoms with Crippen molar-refractivity contribution in [3.63, 3.8) is 0 Å². The molecule has 1 amide bonds. The number of carbonyl (C=O) groups is 1. The summed E-state index contributed by atoms with van der Waals surface area (Å²) in [4.78, 5) is 16.6. The Balaban J connectivity index is 1.40. The quantitative estimate of drug-likeness (QED) is 0.649. The largest absolute Gasteiger partial charge is 0.344 e. The van der Waals surface area contributed by atoms with E-state index in [0.717, 1.165) is 60.9 Å². The van der Waals surface area contributed by atoms with Crippen LogP contribution in [0.3, 0.4) is 0 Å². The van der Waals surface area contributed by atoms with Gasteiger partial charge in [-0.15, -0.1) is 10.2 Å². The molecule has 1 aliphatic heterocycles. The van der Waals surface area contributed by atoms with E-state index in [2.05, 4.69) is 27.5 Å². The van der Waals surface area contributed by atoms with Crippen molar-refractivity contribution in [1.29, 1.82) is 0 Å². The van der Waals surface area contributed by atoms with Crippen LogP contribution in [-0.4, -0.2) is 49.3 Å². The first kappa shape index (κ1) is 21.0. The number of hydrogen-bond donors (Lipinski definition) is 2. The minimum Gasteiger partial charge on any atom is -0.344 e. The van der Waals surface area contributed by atoms with Crippen LogP contribution in [-0.2, 0) is 4.79 Å². The van der Waals surface area contributed by atoms with E-state index in [-0.39, 0.29) is 11.8 Å². The molecule has 0 aliphatic carbocycles.